The van der Waals surface area contributed by atoms with E-state index in [0.29, 0.717) is 12.0 Å². The molecular formula is C30H41N3O8. The lowest BCUT2D eigenvalue weighted by Crippen LogP contribution is -2.37. The summed E-state index contributed by atoms with van der Waals surface area (Å²) in [5.41, 5.74) is 6.29. The summed E-state index contributed by atoms with van der Waals surface area (Å²) in [7, 11) is 2.91. The molecule has 5 N–H and O–H groups in total. The molecule has 0 aromatic rings. The monoisotopic (exact) mass is 571 g/mol. The van der Waals surface area contributed by atoms with Gasteiger partial charge in [0.1, 0.15) is 6.10 Å². The highest BCUT2D eigenvalue weighted by molar-refractivity contribution is 6.23. The first-order chi connectivity index (χ1) is 19.3. The molecule has 0 saturated heterocycles. The summed E-state index contributed by atoms with van der Waals surface area (Å²) in [5, 5.41) is 16.5. The van der Waals surface area contributed by atoms with Gasteiger partial charge in [0.05, 0.1) is 23.6 Å². The smallest absolute Gasteiger partial charge is 0.405 e. The van der Waals surface area contributed by atoms with Gasteiger partial charge in [0, 0.05) is 37.4 Å². The average Bonchev–Trinajstić information content (AvgIpc) is 2.92. The molecule has 1 aliphatic heterocycles. The van der Waals surface area contributed by atoms with Crippen LogP contribution in [0.25, 0.3) is 0 Å². The maximum Gasteiger partial charge on any atom is 0.405 e. The number of ether oxygens (including phenoxy) is 3. The predicted octanol–water partition coefficient (Wildman–Crippen LogP) is 2.50. The predicted molar refractivity (Wildman–Crippen MR) is 153 cm³/mol. The third kappa shape index (κ3) is 8.84. The number of amides is 2. The summed E-state index contributed by atoms with van der Waals surface area (Å²) in [6.07, 6.45) is 4.99. The number of hydrogen-bond acceptors (Lipinski definition) is 9. The van der Waals surface area contributed by atoms with Crippen LogP contribution in [0.2, 0.25) is 0 Å². The van der Waals surface area contributed by atoms with E-state index in [4.69, 9.17) is 19.9 Å². The zero-order valence-corrected chi connectivity index (χ0v) is 24.4. The molecule has 0 aromatic heterocycles. The van der Waals surface area contributed by atoms with Crippen LogP contribution in [0.5, 0.6) is 0 Å². The standard InChI is InChI=1S/C30H41N3O8/c1-8-32-25-20-12-16(2)13-24(40-7)26(35)18(4)14-19(5)28(41-30(31)38)23(39-6)11-9-10-17(3)29(37)33-21(27(20)36)15-22(25)34/h8-11,14-16,18,23-24,26,28,32,35H,1,12-13H2,2-7H3,(H2,31,38)(H,33,37)/b11-9-,17-10+,19-14+/t16-,18+,23+,24+,26-,28+/m1/s1. The molecule has 2 amide bonds. The number of primary amides is 1. The van der Waals surface area contributed by atoms with Crippen LogP contribution >= 0.6 is 0 Å². The van der Waals surface area contributed by atoms with Crippen molar-refractivity contribution in [3.8, 4) is 0 Å². The molecule has 6 atom stereocenters. The number of nitrogens with two attached hydrogens (primary N) is 1. The van der Waals surface area contributed by atoms with Gasteiger partial charge in [-0.05, 0) is 44.4 Å². The minimum absolute atomic E-state index is 0.0866. The third-order valence-corrected chi connectivity index (χ3v) is 7.04. The summed E-state index contributed by atoms with van der Waals surface area (Å²) in [6.45, 7) is 10.5. The van der Waals surface area contributed by atoms with Crippen LogP contribution in [-0.4, -0.2) is 67.3 Å². The van der Waals surface area contributed by atoms with Crippen molar-refractivity contribution >= 4 is 23.6 Å². The van der Waals surface area contributed by atoms with Crippen LogP contribution in [-0.2, 0) is 28.6 Å². The SMILES string of the molecule is C=CNC1=C2C[C@@H](C)C[C@H](OC)[C@H](O)[C@@H](C)/C=C(\C)[C@H](OC(N)=O)[C@@H](OC)/C=C\C=C(/C)C(=O)NC(=CC1=O)C2=O. The number of fused-ring (bicyclic) bond motifs is 2. The number of hydrogen-bond donors (Lipinski definition) is 4. The Labute approximate surface area is 240 Å². The molecular weight excluding hydrogens is 530 g/mol. The molecule has 41 heavy (non-hydrogen) atoms. The van der Waals surface area contributed by atoms with E-state index in [1.165, 1.54) is 26.5 Å². The Bertz CT molecular complexity index is 1200. The molecule has 0 saturated carbocycles. The van der Waals surface area contributed by atoms with E-state index in [0.717, 1.165) is 6.08 Å². The zero-order valence-electron chi connectivity index (χ0n) is 24.4. The number of aliphatic hydroxyl groups excluding tert-OH is 1. The maximum atomic E-state index is 13.4. The van der Waals surface area contributed by atoms with Gasteiger partial charge in [-0.15, -0.1) is 0 Å². The van der Waals surface area contributed by atoms with Gasteiger partial charge in [0.2, 0.25) is 11.6 Å². The largest absolute Gasteiger partial charge is 0.439 e. The Morgan fingerprint density at radius 2 is 1.88 bits per heavy atom. The number of carbonyl (C=O) groups excluding carboxylic acids is 4. The normalized spacial score (nSPS) is 32.1. The van der Waals surface area contributed by atoms with Gasteiger partial charge in [-0.2, -0.15) is 0 Å². The van der Waals surface area contributed by atoms with Crippen molar-refractivity contribution in [3.05, 3.63) is 71.3 Å². The van der Waals surface area contributed by atoms with Gasteiger partial charge in [-0.3, -0.25) is 14.4 Å². The highest BCUT2D eigenvalue weighted by Crippen LogP contribution is 2.28. The van der Waals surface area contributed by atoms with Crippen LogP contribution in [0.15, 0.2) is 71.3 Å². The van der Waals surface area contributed by atoms with Gasteiger partial charge in [-0.25, -0.2) is 4.79 Å². The molecule has 224 valence electrons. The van der Waals surface area contributed by atoms with E-state index < -0.39 is 53.9 Å². The molecule has 0 fully saturated rings. The van der Waals surface area contributed by atoms with E-state index >= 15 is 0 Å². The van der Waals surface area contributed by atoms with Gasteiger partial charge in [0.25, 0.3) is 5.91 Å². The number of nitrogens with one attached hydrogen (secondary N) is 2. The molecule has 11 heteroatoms. The lowest BCUT2D eigenvalue weighted by atomic mass is 9.85. The first-order valence-corrected chi connectivity index (χ1v) is 13.3. The Hall–Kier alpha value is -3.80. The van der Waals surface area contributed by atoms with Crippen LogP contribution in [0.3, 0.4) is 0 Å². The second-order valence-electron chi connectivity index (χ2n) is 10.3. The second kappa shape index (κ2) is 15.3. The third-order valence-electron chi connectivity index (χ3n) is 7.04. The number of allylic oxidation sites excluding steroid dienone is 4. The number of Topliss-reactive ketones (excluding diaryl/α,β-unsaturated/α-hetero) is 1. The molecule has 11 nitrogen and oxygen atoms in total. The summed E-state index contributed by atoms with van der Waals surface area (Å²) < 4.78 is 16.5. The van der Waals surface area contributed by atoms with Gasteiger partial charge in [0.15, 0.2) is 6.10 Å². The quantitative estimate of drug-likeness (QED) is 0.286. The number of aliphatic hydroxyl groups is 1. The van der Waals surface area contributed by atoms with E-state index in [1.807, 2.05) is 6.92 Å². The molecule has 0 unspecified atom stereocenters. The molecule has 0 radical (unpaired) electrons. The fraction of sp³-hybridized carbons (Fsp3) is 0.467. The summed E-state index contributed by atoms with van der Waals surface area (Å²) >= 11 is 0. The number of methoxy groups -OCH3 is 2. The molecule has 2 bridgehead atoms. The maximum absolute atomic E-state index is 13.4. The second-order valence-corrected chi connectivity index (χ2v) is 10.3. The average molecular weight is 572 g/mol. The van der Waals surface area contributed by atoms with E-state index in [1.54, 1.807) is 39.0 Å². The van der Waals surface area contributed by atoms with Crippen molar-refractivity contribution in [2.45, 2.75) is 65.0 Å². The topological polar surface area (TPSA) is 166 Å². The Kier molecular flexibility index (Phi) is 12.4. The molecule has 1 aliphatic carbocycles. The lowest BCUT2D eigenvalue weighted by Gasteiger charge is -2.30. The van der Waals surface area contributed by atoms with Crippen LogP contribution in [0.4, 0.5) is 4.79 Å². The Morgan fingerprint density at radius 3 is 2.46 bits per heavy atom. The van der Waals surface area contributed by atoms with Crippen LogP contribution < -0.4 is 16.4 Å². The van der Waals surface area contributed by atoms with Crippen molar-refractivity contribution in [2.24, 2.45) is 17.6 Å². The van der Waals surface area contributed by atoms with E-state index in [9.17, 15) is 24.3 Å². The molecule has 0 aromatic carbocycles. The molecule has 1 heterocycles. The van der Waals surface area contributed by atoms with Crippen LogP contribution in [0, 0.1) is 11.8 Å². The number of rotatable bonds is 5. The van der Waals surface area contributed by atoms with Crippen molar-refractivity contribution in [1.29, 1.82) is 0 Å². The van der Waals surface area contributed by atoms with Gasteiger partial charge >= 0.3 is 6.09 Å². The van der Waals surface area contributed by atoms with E-state index in [-0.39, 0.29) is 34.9 Å². The fourth-order valence-electron chi connectivity index (χ4n) is 4.84. The summed E-state index contributed by atoms with van der Waals surface area (Å²) in [4.78, 5) is 51.0. The summed E-state index contributed by atoms with van der Waals surface area (Å²) in [6, 6.07) is 0. The Morgan fingerprint density at radius 1 is 1.20 bits per heavy atom. The van der Waals surface area contributed by atoms with Crippen molar-refractivity contribution in [2.75, 3.05) is 14.2 Å². The Balaban J connectivity index is 2.62. The first-order valence-electron chi connectivity index (χ1n) is 13.3. The highest BCUT2D eigenvalue weighted by atomic mass is 16.6. The number of ketones is 2. The van der Waals surface area contributed by atoms with Gasteiger partial charge in [-0.1, -0.05) is 44.7 Å². The van der Waals surface area contributed by atoms with Crippen molar-refractivity contribution < 1.29 is 38.5 Å². The molecule has 2 rings (SSSR count). The molecule has 0 spiro atoms. The van der Waals surface area contributed by atoms with Gasteiger partial charge < -0.3 is 35.7 Å². The van der Waals surface area contributed by atoms with Crippen molar-refractivity contribution in [1.82, 2.24) is 10.6 Å². The lowest BCUT2D eigenvalue weighted by molar-refractivity contribution is -0.120. The first kappa shape index (κ1) is 33.4. The zero-order chi connectivity index (χ0) is 30.9. The summed E-state index contributed by atoms with van der Waals surface area (Å²) in [5.74, 6) is -2.22. The van der Waals surface area contributed by atoms with E-state index in [2.05, 4.69) is 17.2 Å². The minimum Gasteiger partial charge on any atom is -0.439 e. The number of carbonyl (C=O) groups is 4. The fourth-order valence-corrected chi connectivity index (χ4v) is 4.84. The highest BCUT2D eigenvalue weighted by Gasteiger charge is 2.33. The molecule has 2 aliphatic rings. The minimum atomic E-state index is -1.00. The van der Waals surface area contributed by atoms with Crippen LogP contribution in [0.1, 0.15) is 40.5 Å². The van der Waals surface area contributed by atoms with Crippen molar-refractivity contribution in [3.63, 3.8) is 0 Å².